The van der Waals surface area contributed by atoms with E-state index >= 15 is 0 Å². The highest BCUT2D eigenvalue weighted by atomic mass is 32.2. The van der Waals surface area contributed by atoms with E-state index in [9.17, 15) is 48.9 Å². The van der Waals surface area contributed by atoms with E-state index in [0.29, 0.717) is 27.9 Å². The number of aromatic nitrogens is 1. The zero-order valence-electron chi connectivity index (χ0n) is 32.0. The fourth-order valence-electron chi connectivity index (χ4n) is 7.32. The summed E-state index contributed by atoms with van der Waals surface area (Å²) in [7, 11) is 0. The van der Waals surface area contributed by atoms with Crippen LogP contribution in [0.1, 0.15) is 65.9 Å². The molecule has 56 heavy (non-hydrogen) atoms. The molecule has 4 heterocycles. The molecule has 10 atom stereocenters. The summed E-state index contributed by atoms with van der Waals surface area (Å²) in [4.78, 5) is 102. The van der Waals surface area contributed by atoms with E-state index in [1.807, 2.05) is 6.92 Å². The zero-order valence-corrected chi connectivity index (χ0v) is 32.8. The molecule has 18 nitrogen and oxygen atoms in total. The summed E-state index contributed by atoms with van der Waals surface area (Å²) in [6.07, 6.45) is -2.35. The number of benzene rings is 1. The van der Waals surface area contributed by atoms with Crippen molar-refractivity contribution in [2.45, 2.75) is 132 Å². The molecular weight excluding hydrogens is 749 g/mol. The number of fused-ring (bicyclic) bond motifs is 5. The molecule has 1 aromatic carbocycles. The van der Waals surface area contributed by atoms with Crippen LogP contribution in [0.25, 0.3) is 10.9 Å². The van der Waals surface area contributed by atoms with Crippen LogP contribution in [0.3, 0.4) is 0 Å². The predicted octanol–water partition coefficient (Wildman–Crippen LogP) is -1.94. The first-order chi connectivity index (χ1) is 26.4. The van der Waals surface area contributed by atoms with Crippen LogP contribution in [0.4, 0.5) is 0 Å². The van der Waals surface area contributed by atoms with E-state index in [4.69, 9.17) is 0 Å². The first-order valence-corrected chi connectivity index (χ1v) is 19.8. The van der Waals surface area contributed by atoms with Gasteiger partial charge in [-0.25, -0.2) is 0 Å². The Kier molecular flexibility index (Phi) is 13.3. The maximum atomic E-state index is 14.4. The molecule has 0 radical (unpaired) electrons. The minimum atomic E-state index is -1.61. The van der Waals surface area contributed by atoms with Crippen LogP contribution < -0.4 is 31.9 Å². The van der Waals surface area contributed by atoms with Crippen LogP contribution in [0.15, 0.2) is 29.3 Å². The first kappa shape index (κ1) is 42.4. The SMILES string of the molecule is CCC[C@](C)(O)C[C@@H]1NC(=O)[C@H]2Cc3c([nH]c4ccccc34)SC[C@@H](NC(=O)[C@H]([C@H](C)O)NC(=O)[C@H](C)NC1=O)C(=O)N1C[C@H](O)C[C@@H]1C(=O)N[C@H](C)C(=O)N2. The molecule has 2 aromatic rings. The van der Waals surface area contributed by atoms with Gasteiger partial charge in [-0.1, -0.05) is 31.5 Å². The Balaban J connectivity index is 1.68. The van der Waals surface area contributed by atoms with E-state index in [0.717, 1.165) is 16.7 Å². The lowest BCUT2D eigenvalue weighted by Gasteiger charge is -2.31. The summed E-state index contributed by atoms with van der Waals surface area (Å²) in [6, 6.07) is -2.36. The van der Waals surface area contributed by atoms with Gasteiger partial charge in [-0.3, -0.25) is 33.6 Å². The van der Waals surface area contributed by atoms with E-state index in [1.54, 1.807) is 24.3 Å². The Bertz CT molecular complexity index is 1850. The van der Waals surface area contributed by atoms with Crippen molar-refractivity contribution in [3.05, 3.63) is 29.8 Å². The fourth-order valence-corrected chi connectivity index (χ4v) is 8.43. The van der Waals surface area contributed by atoms with Gasteiger partial charge in [0, 0.05) is 42.5 Å². The largest absolute Gasteiger partial charge is 0.391 e. The molecule has 3 aliphatic rings. The van der Waals surface area contributed by atoms with Crippen molar-refractivity contribution in [1.29, 1.82) is 0 Å². The number of aliphatic hydroxyl groups excluding tert-OH is 2. The Morgan fingerprint density at radius 1 is 0.857 bits per heavy atom. The highest BCUT2D eigenvalue weighted by molar-refractivity contribution is 7.99. The Morgan fingerprint density at radius 3 is 2.18 bits per heavy atom. The third-order valence-corrected chi connectivity index (χ3v) is 11.5. The lowest BCUT2D eigenvalue weighted by Crippen LogP contribution is -2.61. The normalized spacial score (nSPS) is 30.4. The maximum Gasteiger partial charge on any atom is 0.246 e. The minimum Gasteiger partial charge on any atom is -0.391 e. The summed E-state index contributed by atoms with van der Waals surface area (Å²) in [5, 5.41) is 49.3. The van der Waals surface area contributed by atoms with Gasteiger partial charge in [0.2, 0.25) is 41.4 Å². The lowest BCUT2D eigenvalue weighted by atomic mass is 9.91. The van der Waals surface area contributed by atoms with Crippen LogP contribution in [-0.4, -0.2) is 139 Å². The summed E-state index contributed by atoms with van der Waals surface area (Å²) in [6.45, 7) is 7.08. The molecule has 306 valence electrons. The highest BCUT2D eigenvalue weighted by Gasteiger charge is 2.44. The fraction of sp³-hybridized carbons (Fsp3) is 0.595. The maximum absolute atomic E-state index is 14.4. The molecule has 1 fully saturated rings. The van der Waals surface area contributed by atoms with Gasteiger partial charge in [-0.2, -0.15) is 0 Å². The molecule has 0 saturated carbocycles. The first-order valence-electron chi connectivity index (χ1n) is 18.8. The standard InChI is InChI=1S/C37H52N8O10S/c1-6-11-37(5,55)14-25-32(51)38-18(3)30(49)44-28(19(4)46)34(53)42-26-16-56-35-22(21-9-7-8-10-23(21)43-35)13-24(31(50)41-25)40-29(48)17(2)39-33(52)27-12-20(47)15-45(27)36(26)54/h7-10,17-20,24-28,43,46-47,55H,6,11-16H2,1-5H3,(H,38,51)(H,39,52)(H,40,48)(H,41,50)(H,42,53)(H,44,49)/t17-,18+,19+,20-,24-,25+,26-,27-,28+,37+/m1/s1. The summed E-state index contributed by atoms with van der Waals surface area (Å²) in [5.74, 6) is -5.86. The monoisotopic (exact) mass is 800 g/mol. The number of aromatic amines is 1. The summed E-state index contributed by atoms with van der Waals surface area (Å²) < 4.78 is 0. The third-order valence-electron chi connectivity index (χ3n) is 10.3. The van der Waals surface area contributed by atoms with Gasteiger partial charge >= 0.3 is 0 Å². The molecule has 1 saturated heterocycles. The number of aliphatic hydroxyl groups is 3. The Morgan fingerprint density at radius 2 is 1.50 bits per heavy atom. The molecule has 1 aromatic heterocycles. The molecule has 2 bridgehead atoms. The quantitative estimate of drug-likeness (QED) is 0.159. The number of amides is 7. The second kappa shape index (κ2) is 17.6. The van der Waals surface area contributed by atoms with Crippen molar-refractivity contribution in [3.63, 3.8) is 0 Å². The number of carbonyl (C=O) groups excluding carboxylic acids is 7. The van der Waals surface area contributed by atoms with Crippen LogP contribution in [0, 0.1) is 0 Å². The van der Waals surface area contributed by atoms with Gasteiger partial charge in [0.15, 0.2) is 0 Å². The van der Waals surface area contributed by atoms with Crippen LogP contribution >= 0.6 is 11.8 Å². The van der Waals surface area contributed by atoms with Gasteiger partial charge in [0.05, 0.1) is 22.8 Å². The lowest BCUT2D eigenvalue weighted by molar-refractivity contribution is -0.142. The second-order valence-corrected chi connectivity index (χ2v) is 16.2. The van der Waals surface area contributed by atoms with E-state index in [2.05, 4.69) is 36.9 Å². The van der Waals surface area contributed by atoms with Gasteiger partial charge in [-0.05, 0) is 45.7 Å². The number of thioether (sulfide) groups is 1. The molecule has 0 spiro atoms. The molecule has 0 unspecified atom stereocenters. The number of nitrogens with zero attached hydrogens (tertiary/aromatic N) is 1. The molecule has 5 rings (SSSR count). The summed E-state index contributed by atoms with van der Waals surface area (Å²) in [5.41, 5.74) is -0.216. The van der Waals surface area contributed by atoms with Crippen LogP contribution in [0.5, 0.6) is 0 Å². The van der Waals surface area contributed by atoms with Crippen molar-refractivity contribution in [1.82, 2.24) is 41.8 Å². The predicted molar refractivity (Wildman–Crippen MR) is 204 cm³/mol. The number of hydrogen-bond donors (Lipinski definition) is 10. The number of rotatable bonds is 5. The smallest absolute Gasteiger partial charge is 0.246 e. The average Bonchev–Trinajstić information content (AvgIpc) is 3.69. The number of H-pyrrole nitrogens is 1. The van der Waals surface area contributed by atoms with Crippen molar-refractivity contribution in [3.8, 4) is 0 Å². The molecule has 10 N–H and O–H groups in total. The van der Waals surface area contributed by atoms with Gasteiger partial charge < -0.3 is 57.1 Å². The van der Waals surface area contributed by atoms with Gasteiger partial charge in [-0.15, -0.1) is 11.8 Å². The van der Waals surface area contributed by atoms with Crippen molar-refractivity contribution >= 4 is 64.0 Å². The molecule has 19 heteroatoms. The minimum absolute atomic E-state index is 0.140. The molecule has 3 aliphatic heterocycles. The topological polar surface area (TPSA) is 271 Å². The van der Waals surface area contributed by atoms with Crippen molar-refractivity contribution in [2.75, 3.05) is 12.3 Å². The Hall–Kier alpha value is -4.72. The van der Waals surface area contributed by atoms with E-state index in [-0.39, 0.29) is 38.0 Å². The molecular formula is C37H52N8O10S. The van der Waals surface area contributed by atoms with Gasteiger partial charge in [0.1, 0.15) is 42.3 Å². The highest BCUT2D eigenvalue weighted by Crippen LogP contribution is 2.32. The average molecular weight is 801 g/mol. The van der Waals surface area contributed by atoms with Crippen molar-refractivity contribution < 1.29 is 48.9 Å². The number of nitrogens with one attached hydrogen (secondary N) is 7. The van der Waals surface area contributed by atoms with Crippen LogP contribution in [-0.2, 0) is 40.0 Å². The van der Waals surface area contributed by atoms with Crippen LogP contribution in [0.2, 0.25) is 0 Å². The van der Waals surface area contributed by atoms with Crippen molar-refractivity contribution in [2.24, 2.45) is 0 Å². The number of carbonyl (C=O) groups is 7. The van der Waals surface area contributed by atoms with E-state index < -0.39 is 101 Å². The second-order valence-electron chi connectivity index (χ2n) is 15.2. The van der Waals surface area contributed by atoms with Gasteiger partial charge in [0.25, 0.3) is 0 Å². The van der Waals surface area contributed by atoms with E-state index in [1.165, 1.54) is 27.7 Å². The third kappa shape index (κ3) is 9.80. The number of hydrogen-bond acceptors (Lipinski definition) is 11. The Labute approximate surface area is 328 Å². The zero-order chi connectivity index (χ0) is 41.1. The summed E-state index contributed by atoms with van der Waals surface area (Å²) >= 11 is 1.11. The number of para-hydroxylation sites is 1. The molecule has 0 aliphatic carbocycles. The molecule has 7 amide bonds.